The van der Waals surface area contributed by atoms with E-state index in [-0.39, 0.29) is 0 Å². The minimum absolute atomic E-state index is 0.726. The minimum Gasteiger partial charge on any atom is -0.316 e. The number of benzene rings is 2. The lowest BCUT2D eigenvalue weighted by Crippen LogP contribution is -2.48. The topological polar surface area (TPSA) is 15.3 Å². The number of fused-ring (bicyclic) bond motifs is 1. The van der Waals surface area contributed by atoms with Gasteiger partial charge in [-0.1, -0.05) is 49.4 Å². The Morgan fingerprint density at radius 3 is 2.60 bits per heavy atom. The molecule has 4 rings (SSSR count). The molecule has 2 saturated heterocycles. The third-order valence-electron chi connectivity index (χ3n) is 6.56. The van der Waals surface area contributed by atoms with Crippen LogP contribution >= 0.6 is 0 Å². The maximum absolute atomic E-state index is 3.62. The van der Waals surface area contributed by atoms with Crippen LogP contribution in [0.25, 0.3) is 10.8 Å². The molecule has 2 aromatic carbocycles. The molecule has 2 fully saturated rings. The van der Waals surface area contributed by atoms with E-state index >= 15 is 0 Å². The fourth-order valence-corrected chi connectivity index (χ4v) is 5.25. The Hall–Kier alpha value is -1.38. The highest BCUT2D eigenvalue weighted by molar-refractivity contribution is 5.86. The van der Waals surface area contributed by atoms with Gasteiger partial charge in [0.15, 0.2) is 0 Å². The first-order chi connectivity index (χ1) is 12.4. The smallest absolute Gasteiger partial charge is 0.0133 e. The predicted molar refractivity (Wildman–Crippen MR) is 107 cm³/mol. The van der Waals surface area contributed by atoms with E-state index in [1.807, 2.05) is 0 Å². The summed E-state index contributed by atoms with van der Waals surface area (Å²) in [5.74, 6) is 1.58. The van der Waals surface area contributed by atoms with Gasteiger partial charge in [0.05, 0.1) is 0 Å². The van der Waals surface area contributed by atoms with E-state index < -0.39 is 0 Å². The molecule has 1 N–H and O–H groups in total. The van der Waals surface area contributed by atoms with Crippen molar-refractivity contribution in [2.75, 3.05) is 26.2 Å². The fraction of sp³-hybridized carbons (Fsp3) is 0.565. The van der Waals surface area contributed by atoms with Crippen molar-refractivity contribution in [3.63, 3.8) is 0 Å². The molecule has 0 bridgehead atoms. The van der Waals surface area contributed by atoms with Crippen LogP contribution in [0, 0.1) is 5.92 Å². The van der Waals surface area contributed by atoms with Crippen LogP contribution in [0.15, 0.2) is 42.5 Å². The summed E-state index contributed by atoms with van der Waals surface area (Å²) in [6.07, 6.45) is 6.68. The van der Waals surface area contributed by atoms with Gasteiger partial charge in [-0.3, -0.25) is 0 Å². The molecular weight excluding hydrogens is 304 g/mol. The highest BCUT2D eigenvalue weighted by Gasteiger charge is 2.31. The second-order valence-electron chi connectivity index (χ2n) is 7.96. The van der Waals surface area contributed by atoms with Gasteiger partial charge in [0.2, 0.25) is 0 Å². The molecular formula is C23H32N2. The Kier molecular flexibility index (Phi) is 5.38. The molecule has 0 spiro atoms. The summed E-state index contributed by atoms with van der Waals surface area (Å²) in [6, 6.07) is 16.5. The van der Waals surface area contributed by atoms with Gasteiger partial charge in [0.1, 0.15) is 0 Å². The largest absolute Gasteiger partial charge is 0.316 e. The maximum atomic E-state index is 3.62. The third-order valence-corrected chi connectivity index (χ3v) is 6.56. The van der Waals surface area contributed by atoms with Gasteiger partial charge < -0.3 is 10.2 Å². The van der Waals surface area contributed by atoms with Crippen molar-refractivity contribution in [2.24, 2.45) is 5.92 Å². The second-order valence-corrected chi connectivity index (χ2v) is 7.96. The van der Waals surface area contributed by atoms with Crippen LogP contribution < -0.4 is 5.32 Å². The number of nitrogens with zero attached hydrogens (tertiary/aromatic N) is 1. The van der Waals surface area contributed by atoms with Crippen LogP contribution in [0.1, 0.15) is 50.5 Å². The Labute approximate surface area is 152 Å². The van der Waals surface area contributed by atoms with Gasteiger partial charge in [-0.15, -0.1) is 0 Å². The molecule has 0 saturated carbocycles. The molecule has 2 unspecified atom stereocenters. The van der Waals surface area contributed by atoms with Gasteiger partial charge in [0.25, 0.3) is 0 Å². The number of piperidine rings is 2. The zero-order valence-corrected chi connectivity index (χ0v) is 15.6. The first kappa shape index (κ1) is 17.1. The normalized spacial score (nSPS) is 24.4. The van der Waals surface area contributed by atoms with Crippen LogP contribution in [0.5, 0.6) is 0 Å². The molecule has 2 atom stereocenters. The predicted octanol–water partition coefficient (Wildman–Crippen LogP) is 4.80. The van der Waals surface area contributed by atoms with E-state index in [1.165, 1.54) is 69.1 Å². The lowest BCUT2D eigenvalue weighted by Gasteiger charge is -2.42. The average Bonchev–Trinajstić information content (AvgIpc) is 2.70. The molecule has 2 heterocycles. The number of likely N-dealkylation sites (tertiary alicyclic amines) is 1. The first-order valence-electron chi connectivity index (χ1n) is 10.3. The number of rotatable bonds is 4. The molecule has 2 aliphatic rings. The summed E-state index contributed by atoms with van der Waals surface area (Å²) in [4.78, 5) is 2.80. The average molecular weight is 337 g/mol. The number of nitrogens with one attached hydrogen (secondary N) is 1. The molecule has 2 nitrogen and oxygen atoms in total. The summed E-state index contributed by atoms with van der Waals surface area (Å²) in [7, 11) is 0. The van der Waals surface area contributed by atoms with Crippen LogP contribution in [0.3, 0.4) is 0 Å². The molecule has 25 heavy (non-hydrogen) atoms. The quantitative estimate of drug-likeness (QED) is 0.863. The van der Waals surface area contributed by atoms with Crippen molar-refractivity contribution >= 4 is 10.8 Å². The number of hydrogen-bond acceptors (Lipinski definition) is 2. The van der Waals surface area contributed by atoms with Gasteiger partial charge >= 0.3 is 0 Å². The summed E-state index contributed by atoms with van der Waals surface area (Å²) < 4.78 is 0. The van der Waals surface area contributed by atoms with Crippen LogP contribution in [0.2, 0.25) is 0 Å². The van der Waals surface area contributed by atoms with Crippen LogP contribution in [-0.4, -0.2) is 37.1 Å². The third kappa shape index (κ3) is 3.61. The summed E-state index contributed by atoms with van der Waals surface area (Å²) in [5, 5.41) is 6.47. The highest BCUT2D eigenvalue weighted by Crippen LogP contribution is 2.35. The van der Waals surface area contributed by atoms with Crippen molar-refractivity contribution in [3.05, 3.63) is 48.0 Å². The Balaban J connectivity index is 1.45. The molecule has 2 heteroatoms. The van der Waals surface area contributed by atoms with E-state index in [9.17, 15) is 0 Å². The van der Waals surface area contributed by atoms with E-state index in [1.54, 1.807) is 5.56 Å². The van der Waals surface area contributed by atoms with Crippen molar-refractivity contribution in [1.82, 2.24) is 10.2 Å². The van der Waals surface area contributed by atoms with Gasteiger partial charge in [-0.25, -0.2) is 0 Å². The maximum Gasteiger partial charge on any atom is 0.0133 e. The molecule has 0 radical (unpaired) electrons. The minimum atomic E-state index is 0.726. The fourth-order valence-electron chi connectivity index (χ4n) is 5.25. The lowest BCUT2D eigenvalue weighted by atomic mass is 9.83. The number of hydrogen-bond donors (Lipinski definition) is 1. The van der Waals surface area contributed by atoms with E-state index in [0.29, 0.717) is 0 Å². The van der Waals surface area contributed by atoms with Gasteiger partial charge in [0, 0.05) is 6.04 Å². The zero-order valence-electron chi connectivity index (χ0n) is 15.6. The lowest BCUT2D eigenvalue weighted by molar-refractivity contribution is 0.0929. The monoisotopic (exact) mass is 336 g/mol. The van der Waals surface area contributed by atoms with Crippen molar-refractivity contribution < 1.29 is 0 Å². The van der Waals surface area contributed by atoms with Gasteiger partial charge in [-0.2, -0.15) is 0 Å². The summed E-state index contributed by atoms with van der Waals surface area (Å²) in [6.45, 7) is 7.36. The van der Waals surface area contributed by atoms with Crippen molar-refractivity contribution in [1.29, 1.82) is 0 Å². The van der Waals surface area contributed by atoms with Crippen LogP contribution in [-0.2, 0) is 0 Å². The van der Waals surface area contributed by atoms with Gasteiger partial charge in [-0.05, 0) is 86.5 Å². The molecule has 2 aromatic rings. The Morgan fingerprint density at radius 2 is 1.84 bits per heavy atom. The molecule has 0 aromatic heterocycles. The van der Waals surface area contributed by atoms with Crippen molar-refractivity contribution in [3.8, 4) is 0 Å². The Bertz CT molecular complexity index is 676. The SMILES string of the molecule is CCC(C1CCCNC1)N1CCC(c2cccc3ccccc23)CC1. The van der Waals surface area contributed by atoms with Crippen molar-refractivity contribution in [2.45, 2.75) is 51.0 Å². The summed E-state index contributed by atoms with van der Waals surface area (Å²) >= 11 is 0. The summed E-state index contributed by atoms with van der Waals surface area (Å²) in [5.41, 5.74) is 1.57. The first-order valence-corrected chi connectivity index (χ1v) is 10.3. The highest BCUT2D eigenvalue weighted by atomic mass is 15.2. The molecule has 134 valence electrons. The zero-order chi connectivity index (χ0) is 17.1. The van der Waals surface area contributed by atoms with E-state index in [0.717, 1.165) is 17.9 Å². The standard InChI is InChI=1S/C23H32N2/c1-2-23(20-9-6-14-24-17-20)25-15-12-19(13-16-25)22-11-5-8-18-7-3-4-10-21(18)22/h3-5,7-8,10-11,19-20,23-24H,2,6,9,12-17H2,1H3. The van der Waals surface area contributed by atoms with E-state index in [4.69, 9.17) is 0 Å². The van der Waals surface area contributed by atoms with E-state index in [2.05, 4.69) is 59.6 Å². The Morgan fingerprint density at radius 1 is 1.04 bits per heavy atom. The second kappa shape index (κ2) is 7.88. The molecule has 0 aliphatic carbocycles. The molecule has 2 aliphatic heterocycles. The molecule has 0 amide bonds. The van der Waals surface area contributed by atoms with Crippen LogP contribution in [0.4, 0.5) is 0 Å².